The Bertz CT molecular complexity index is 202. The first-order valence-electron chi connectivity index (χ1n) is 9.08. The lowest BCUT2D eigenvalue weighted by molar-refractivity contribution is 0.135. The maximum atomic E-state index is 2.44. The highest BCUT2D eigenvalue weighted by atomic mass is 14.4. The van der Waals surface area contributed by atoms with E-state index in [1.165, 1.54) is 44.9 Å². The minimum absolute atomic E-state index is 0.923. The zero-order chi connectivity index (χ0) is 14.3. The standard InChI is InChI=1S/C16H30.C3H8/c1-12(2)14-8-10-16(11-9-14)15-6-4-13(3)5-7-15;1-3-2/h12-16H,4-11H2,1-3H3;3H2,1-2H3. The van der Waals surface area contributed by atoms with Crippen molar-refractivity contribution in [2.45, 2.75) is 92.4 Å². The van der Waals surface area contributed by atoms with E-state index in [9.17, 15) is 0 Å². The van der Waals surface area contributed by atoms with Gasteiger partial charge >= 0.3 is 0 Å². The number of rotatable bonds is 2. The van der Waals surface area contributed by atoms with Crippen LogP contribution in [0.1, 0.15) is 92.4 Å². The van der Waals surface area contributed by atoms with Gasteiger partial charge in [0.15, 0.2) is 0 Å². The van der Waals surface area contributed by atoms with E-state index in [2.05, 4.69) is 34.6 Å². The molecule has 0 saturated heterocycles. The van der Waals surface area contributed by atoms with Crippen molar-refractivity contribution in [3.63, 3.8) is 0 Å². The molecule has 2 aliphatic carbocycles. The smallest absolute Gasteiger partial charge is 0.0386 e. The summed E-state index contributed by atoms with van der Waals surface area (Å²) in [6, 6.07) is 0. The first-order valence-corrected chi connectivity index (χ1v) is 9.08. The van der Waals surface area contributed by atoms with Gasteiger partial charge in [0, 0.05) is 0 Å². The molecule has 0 heterocycles. The summed E-state index contributed by atoms with van der Waals surface area (Å²) < 4.78 is 0. The molecule has 0 amide bonds. The third-order valence-corrected chi connectivity index (χ3v) is 5.49. The molecular formula is C19H38. The summed E-state index contributed by atoms with van der Waals surface area (Å²) >= 11 is 0. The molecule has 0 N–H and O–H groups in total. The molecule has 114 valence electrons. The average Bonchev–Trinajstić information content (AvgIpc) is 2.41. The van der Waals surface area contributed by atoms with Crippen LogP contribution in [0.15, 0.2) is 0 Å². The van der Waals surface area contributed by atoms with Gasteiger partial charge < -0.3 is 0 Å². The molecule has 2 rings (SSSR count). The molecule has 0 aromatic rings. The zero-order valence-corrected chi connectivity index (χ0v) is 14.3. The van der Waals surface area contributed by atoms with Gasteiger partial charge in [-0.2, -0.15) is 0 Å². The van der Waals surface area contributed by atoms with Crippen molar-refractivity contribution in [2.75, 3.05) is 0 Å². The SMILES string of the molecule is CC1CCC(C2CCC(C(C)C)CC2)CC1.CCC. The normalized spacial score (nSPS) is 35.7. The summed E-state index contributed by atoms with van der Waals surface area (Å²) in [5.74, 6) is 5.18. The number of hydrogen-bond donors (Lipinski definition) is 0. The maximum absolute atomic E-state index is 2.44. The largest absolute Gasteiger partial charge is 0.0656 e. The van der Waals surface area contributed by atoms with Gasteiger partial charge in [-0.25, -0.2) is 0 Å². The van der Waals surface area contributed by atoms with Crippen LogP contribution in [0.5, 0.6) is 0 Å². The van der Waals surface area contributed by atoms with E-state index >= 15 is 0 Å². The average molecular weight is 267 g/mol. The van der Waals surface area contributed by atoms with Crippen LogP contribution in [-0.4, -0.2) is 0 Å². The Balaban J connectivity index is 0.000000550. The Morgan fingerprint density at radius 3 is 1.47 bits per heavy atom. The van der Waals surface area contributed by atoms with E-state index in [1.807, 2.05) is 0 Å². The van der Waals surface area contributed by atoms with Crippen LogP contribution in [0, 0.1) is 29.6 Å². The van der Waals surface area contributed by atoms with Gasteiger partial charge in [-0.15, -0.1) is 0 Å². The van der Waals surface area contributed by atoms with Crippen LogP contribution >= 0.6 is 0 Å². The van der Waals surface area contributed by atoms with Gasteiger partial charge in [-0.05, 0) is 68.1 Å². The van der Waals surface area contributed by atoms with Crippen molar-refractivity contribution in [1.29, 1.82) is 0 Å². The Morgan fingerprint density at radius 2 is 1.11 bits per heavy atom. The summed E-state index contributed by atoms with van der Waals surface area (Å²) in [4.78, 5) is 0. The van der Waals surface area contributed by atoms with E-state index in [0.29, 0.717) is 0 Å². The van der Waals surface area contributed by atoms with Crippen molar-refractivity contribution in [1.82, 2.24) is 0 Å². The molecule has 2 saturated carbocycles. The molecule has 0 aromatic carbocycles. The van der Waals surface area contributed by atoms with E-state index in [0.717, 1.165) is 29.6 Å². The van der Waals surface area contributed by atoms with Gasteiger partial charge in [0.25, 0.3) is 0 Å². The third kappa shape index (κ3) is 5.88. The van der Waals surface area contributed by atoms with Crippen LogP contribution < -0.4 is 0 Å². The fourth-order valence-electron chi connectivity index (χ4n) is 4.04. The van der Waals surface area contributed by atoms with Gasteiger partial charge in [0.05, 0.1) is 0 Å². The summed E-state index contributed by atoms with van der Waals surface area (Å²) in [5, 5.41) is 0. The summed E-state index contributed by atoms with van der Waals surface area (Å²) in [6.45, 7) is 11.5. The highest BCUT2D eigenvalue weighted by Crippen LogP contribution is 2.42. The molecule has 0 radical (unpaired) electrons. The van der Waals surface area contributed by atoms with Crippen LogP contribution in [0.25, 0.3) is 0 Å². The summed E-state index contributed by atoms with van der Waals surface area (Å²) in [5.41, 5.74) is 0. The van der Waals surface area contributed by atoms with Crippen molar-refractivity contribution in [3.05, 3.63) is 0 Å². The topological polar surface area (TPSA) is 0 Å². The van der Waals surface area contributed by atoms with Crippen molar-refractivity contribution < 1.29 is 0 Å². The third-order valence-electron chi connectivity index (χ3n) is 5.49. The first-order chi connectivity index (χ1) is 9.08. The predicted molar refractivity (Wildman–Crippen MR) is 87.4 cm³/mol. The molecule has 2 fully saturated rings. The Kier molecular flexibility index (Phi) is 8.11. The molecule has 0 spiro atoms. The fraction of sp³-hybridized carbons (Fsp3) is 1.00. The second-order valence-electron chi connectivity index (χ2n) is 7.65. The van der Waals surface area contributed by atoms with Gasteiger partial charge in [-0.3, -0.25) is 0 Å². The number of hydrogen-bond acceptors (Lipinski definition) is 0. The Hall–Kier alpha value is 0. The maximum Gasteiger partial charge on any atom is -0.0386 e. The van der Waals surface area contributed by atoms with Crippen molar-refractivity contribution in [2.24, 2.45) is 29.6 Å². The Labute approximate surface area is 122 Å². The monoisotopic (exact) mass is 266 g/mol. The minimum atomic E-state index is 0.923. The van der Waals surface area contributed by atoms with Crippen LogP contribution in [-0.2, 0) is 0 Å². The highest BCUT2D eigenvalue weighted by Gasteiger charge is 2.30. The Morgan fingerprint density at radius 1 is 0.737 bits per heavy atom. The van der Waals surface area contributed by atoms with E-state index in [-0.39, 0.29) is 0 Å². The summed E-state index contributed by atoms with van der Waals surface area (Å²) in [7, 11) is 0. The second kappa shape index (κ2) is 9.03. The molecule has 2 aliphatic rings. The molecule has 0 unspecified atom stereocenters. The molecular weight excluding hydrogens is 228 g/mol. The van der Waals surface area contributed by atoms with Crippen LogP contribution in [0.4, 0.5) is 0 Å². The molecule has 0 heteroatoms. The highest BCUT2D eigenvalue weighted by molar-refractivity contribution is 4.81. The molecule has 19 heavy (non-hydrogen) atoms. The van der Waals surface area contributed by atoms with Gasteiger partial charge in [0.1, 0.15) is 0 Å². The minimum Gasteiger partial charge on any atom is -0.0656 e. The van der Waals surface area contributed by atoms with Crippen molar-refractivity contribution >= 4 is 0 Å². The van der Waals surface area contributed by atoms with Crippen LogP contribution in [0.3, 0.4) is 0 Å². The molecule has 0 aromatic heterocycles. The lowest BCUT2D eigenvalue weighted by Gasteiger charge is -2.38. The van der Waals surface area contributed by atoms with Crippen molar-refractivity contribution in [3.8, 4) is 0 Å². The zero-order valence-electron chi connectivity index (χ0n) is 14.3. The van der Waals surface area contributed by atoms with E-state index in [1.54, 1.807) is 12.8 Å². The van der Waals surface area contributed by atoms with Gasteiger partial charge in [0.2, 0.25) is 0 Å². The predicted octanol–water partition coefficient (Wildman–Crippen LogP) is 6.69. The molecule has 0 nitrogen and oxygen atoms in total. The lowest BCUT2D eigenvalue weighted by atomic mass is 9.68. The van der Waals surface area contributed by atoms with E-state index in [4.69, 9.17) is 0 Å². The second-order valence-corrected chi connectivity index (χ2v) is 7.65. The summed E-state index contributed by atoms with van der Waals surface area (Å²) in [6.07, 6.45) is 13.5. The van der Waals surface area contributed by atoms with Gasteiger partial charge in [-0.1, -0.05) is 53.9 Å². The quantitative estimate of drug-likeness (QED) is 0.522. The lowest BCUT2D eigenvalue weighted by Crippen LogP contribution is -2.26. The van der Waals surface area contributed by atoms with Crippen LogP contribution in [0.2, 0.25) is 0 Å². The van der Waals surface area contributed by atoms with E-state index < -0.39 is 0 Å². The molecule has 0 atom stereocenters. The molecule has 0 aliphatic heterocycles. The fourth-order valence-corrected chi connectivity index (χ4v) is 4.04. The molecule has 0 bridgehead atoms. The first kappa shape index (κ1) is 17.1.